The monoisotopic (exact) mass is 247 g/mol. The van der Waals surface area contributed by atoms with Crippen molar-refractivity contribution in [3.8, 4) is 0 Å². The Bertz CT molecular complexity index is 406. The topological polar surface area (TPSA) is 45.2 Å². The van der Waals surface area contributed by atoms with Crippen molar-refractivity contribution in [2.24, 2.45) is 5.92 Å². The number of hydrogen-bond donors (Lipinski definition) is 1. The molecule has 0 bridgehead atoms. The normalized spacial score (nSPS) is 19.3. The summed E-state index contributed by atoms with van der Waals surface area (Å²) in [5.41, 5.74) is 1.14. The molecule has 1 N–H and O–H groups in total. The molecule has 0 spiro atoms. The standard InChI is InChI=1S/C14H21N3O/c1-11(2)9-16-14-12(5-3-7-15-14)13-6-4-8-17(13)10-18/h3,5,7,10-11,13H,4,6,8-9H2,1-2H3,(H,15,16)/t13-/m1/s1. The van der Waals surface area contributed by atoms with Gasteiger partial charge in [0.15, 0.2) is 0 Å². The number of hydrogen-bond acceptors (Lipinski definition) is 3. The van der Waals surface area contributed by atoms with Gasteiger partial charge in [0.05, 0.1) is 6.04 Å². The lowest BCUT2D eigenvalue weighted by Gasteiger charge is -2.23. The van der Waals surface area contributed by atoms with E-state index in [-0.39, 0.29) is 6.04 Å². The van der Waals surface area contributed by atoms with Crippen LogP contribution in [0.2, 0.25) is 0 Å². The molecule has 1 aromatic rings. The van der Waals surface area contributed by atoms with E-state index in [0.717, 1.165) is 43.7 Å². The molecular formula is C14H21N3O. The molecule has 0 radical (unpaired) electrons. The Morgan fingerprint density at radius 3 is 3.17 bits per heavy atom. The molecule has 2 rings (SSSR count). The average Bonchev–Trinajstić information content (AvgIpc) is 2.84. The van der Waals surface area contributed by atoms with Crippen LogP contribution in [0, 0.1) is 5.92 Å². The minimum Gasteiger partial charge on any atom is -0.370 e. The van der Waals surface area contributed by atoms with Crippen LogP contribution in [-0.4, -0.2) is 29.4 Å². The maximum absolute atomic E-state index is 11.1. The Morgan fingerprint density at radius 2 is 2.44 bits per heavy atom. The van der Waals surface area contributed by atoms with Crippen molar-refractivity contribution in [3.63, 3.8) is 0 Å². The van der Waals surface area contributed by atoms with Crippen LogP contribution in [0.15, 0.2) is 18.3 Å². The molecule has 0 aliphatic carbocycles. The molecule has 1 aromatic heterocycles. The zero-order valence-electron chi connectivity index (χ0n) is 11.1. The van der Waals surface area contributed by atoms with Gasteiger partial charge in [0.2, 0.25) is 6.41 Å². The summed E-state index contributed by atoms with van der Waals surface area (Å²) >= 11 is 0. The van der Waals surface area contributed by atoms with Gasteiger partial charge in [0.1, 0.15) is 5.82 Å². The largest absolute Gasteiger partial charge is 0.370 e. The summed E-state index contributed by atoms with van der Waals surface area (Å²) in [4.78, 5) is 17.3. The van der Waals surface area contributed by atoms with E-state index in [1.165, 1.54) is 0 Å². The highest BCUT2D eigenvalue weighted by molar-refractivity contribution is 5.53. The summed E-state index contributed by atoms with van der Waals surface area (Å²) in [7, 11) is 0. The fourth-order valence-electron chi connectivity index (χ4n) is 2.38. The number of rotatable bonds is 5. The molecule has 4 nitrogen and oxygen atoms in total. The zero-order chi connectivity index (χ0) is 13.0. The smallest absolute Gasteiger partial charge is 0.210 e. The van der Waals surface area contributed by atoms with E-state index in [1.807, 2.05) is 11.0 Å². The number of carbonyl (C=O) groups is 1. The summed E-state index contributed by atoms with van der Waals surface area (Å²) in [6.45, 7) is 6.09. The zero-order valence-corrected chi connectivity index (χ0v) is 11.1. The number of pyridine rings is 1. The van der Waals surface area contributed by atoms with Gasteiger partial charge >= 0.3 is 0 Å². The molecule has 1 saturated heterocycles. The van der Waals surface area contributed by atoms with E-state index >= 15 is 0 Å². The lowest BCUT2D eigenvalue weighted by molar-refractivity contribution is -0.118. The van der Waals surface area contributed by atoms with Crippen LogP contribution in [0.25, 0.3) is 0 Å². The van der Waals surface area contributed by atoms with Crippen molar-refractivity contribution in [1.82, 2.24) is 9.88 Å². The van der Waals surface area contributed by atoms with Crippen molar-refractivity contribution in [1.29, 1.82) is 0 Å². The van der Waals surface area contributed by atoms with Crippen molar-refractivity contribution >= 4 is 12.2 Å². The maximum atomic E-state index is 11.1. The van der Waals surface area contributed by atoms with E-state index in [1.54, 1.807) is 6.20 Å². The van der Waals surface area contributed by atoms with Gasteiger partial charge in [-0.05, 0) is 24.8 Å². The minimum absolute atomic E-state index is 0.186. The summed E-state index contributed by atoms with van der Waals surface area (Å²) in [5, 5.41) is 3.38. The van der Waals surface area contributed by atoms with E-state index < -0.39 is 0 Å². The predicted molar refractivity (Wildman–Crippen MR) is 72.3 cm³/mol. The predicted octanol–water partition coefficient (Wildman–Crippen LogP) is 2.44. The van der Waals surface area contributed by atoms with E-state index in [2.05, 4.69) is 30.2 Å². The molecule has 0 aromatic carbocycles. The van der Waals surface area contributed by atoms with Crippen LogP contribution in [0.3, 0.4) is 0 Å². The van der Waals surface area contributed by atoms with Crippen LogP contribution in [-0.2, 0) is 4.79 Å². The number of nitrogens with one attached hydrogen (secondary N) is 1. The molecule has 2 heterocycles. The molecule has 98 valence electrons. The highest BCUT2D eigenvalue weighted by atomic mass is 16.1. The van der Waals surface area contributed by atoms with Crippen molar-refractivity contribution in [3.05, 3.63) is 23.9 Å². The first-order valence-electron chi connectivity index (χ1n) is 6.62. The second kappa shape index (κ2) is 5.85. The summed E-state index contributed by atoms with van der Waals surface area (Å²) < 4.78 is 0. The van der Waals surface area contributed by atoms with E-state index in [0.29, 0.717) is 5.92 Å². The first kappa shape index (κ1) is 12.9. The fourth-order valence-corrected chi connectivity index (χ4v) is 2.38. The van der Waals surface area contributed by atoms with Crippen LogP contribution in [0.5, 0.6) is 0 Å². The second-order valence-corrected chi connectivity index (χ2v) is 5.22. The molecule has 4 heteroatoms. The Hall–Kier alpha value is -1.58. The fraction of sp³-hybridized carbons (Fsp3) is 0.571. The van der Waals surface area contributed by atoms with Crippen LogP contribution in [0.1, 0.15) is 38.3 Å². The molecule has 1 fully saturated rings. The van der Waals surface area contributed by atoms with Crippen LogP contribution < -0.4 is 5.32 Å². The van der Waals surface area contributed by atoms with Gasteiger partial charge in [-0.2, -0.15) is 0 Å². The van der Waals surface area contributed by atoms with Gasteiger partial charge < -0.3 is 10.2 Å². The van der Waals surface area contributed by atoms with Gasteiger partial charge in [-0.1, -0.05) is 19.9 Å². The number of anilines is 1. The first-order chi connectivity index (χ1) is 8.72. The van der Waals surface area contributed by atoms with Gasteiger partial charge in [-0.15, -0.1) is 0 Å². The van der Waals surface area contributed by atoms with E-state index in [9.17, 15) is 4.79 Å². The lowest BCUT2D eigenvalue weighted by Crippen LogP contribution is -2.23. The molecule has 1 amide bonds. The maximum Gasteiger partial charge on any atom is 0.210 e. The molecule has 1 aliphatic rings. The number of aromatic nitrogens is 1. The lowest BCUT2D eigenvalue weighted by atomic mass is 10.1. The third-order valence-corrected chi connectivity index (χ3v) is 3.31. The van der Waals surface area contributed by atoms with Crippen molar-refractivity contribution in [2.45, 2.75) is 32.7 Å². The summed E-state index contributed by atoms with van der Waals surface area (Å²) in [6.07, 6.45) is 4.85. The van der Waals surface area contributed by atoms with Gasteiger partial charge in [0.25, 0.3) is 0 Å². The first-order valence-corrected chi connectivity index (χ1v) is 6.62. The van der Waals surface area contributed by atoms with Gasteiger partial charge in [-0.3, -0.25) is 4.79 Å². The molecule has 0 unspecified atom stereocenters. The van der Waals surface area contributed by atoms with Crippen LogP contribution in [0.4, 0.5) is 5.82 Å². The summed E-state index contributed by atoms with van der Waals surface area (Å²) in [5.74, 6) is 1.50. The average molecular weight is 247 g/mol. The highest BCUT2D eigenvalue weighted by Gasteiger charge is 2.26. The Morgan fingerprint density at radius 1 is 1.61 bits per heavy atom. The SMILES string of the molecule is CC(C)CNc1ncccc1[C@H]1CCCN1C=O. The minimum atomic E-state index is 0.186. The van der Waals surface area contributed by atoms with Gasteiger partial charge in [0, 0.05) is 24.8 Å². The third kappa shape index (κ3) is 2.81. The Kier molecular flexibility index (Phi) is 4.18. The van der Waals surface area contributed by atoms with Crippen molar-refractivity contribution in [2.75, 3.05) is 18.4 Å². The molecule has 1 atom stereocenters. The third-order valence-electron chi connectivity index (χ3n) is 3.31. The van der Waals surface area contributed by atoms with Crippen LogP contribution >= 0.6 is 0 Å². The Balaban J connectivity index is 2.18. The molecule has 0 saturated carbocycles. The number of nitrogens with zero attached hydrogens (tertiary/aromatic N) is 2. The molecule has 18 heavy (non-hydrogen) atoms. The number of amides is 1. The highest BCUT2D eigenvalue weighted by Crippen LogP contribution is 2.33. The number of likely N-dealkylation sites (tertiary alicyclic amines) is 1. The van der Waals surface area contributed by atoms with Gasteiger partial charge in [-0.25, -0.2) is 4.98 Å². The van der Waals surface area contributed by atoms with Crippen molar-refractivity contribution < 1.29 is 4.79 Å². The molecular weight excluding hydrogens is 226 g/mol. The summed E-state index contributed by atoms with van der Waals surface area (Å²) in [6, 6.07) is 4.20. The Labute approximate surface area is 108 Å². The van der Waals surface area contributed by atoms with E-state index in [4.69, 9.17) is 0 Å². The number of carbonyl (C=O) groups excluding carboxylic acids is 1. The molecule has 1 aliphatic heterocycles. The quantitative estimate of drug-likeness (QED) is 0.813. The second-order valence-electron chi connectivity index (χ2n) is 5.22.